The number of unbranched alkanes of at least 4 members (excludes halogenated alkanes) is 1. The second kappa shape index (κ2) is 8.22. The summed E-state index contributed by atoms with van der Waals surface area (Å²) in [6, 6.07) is 13.0. The van der Waals surface area contributed by atoms with Crippen LogP contribution in [0.15, 0.2) is 48.5 Å². The molecule has 8 nitrogen and oxygen atoms in total. The zero-order valence-electron chi connectivity index (χ0n) is 17.1. The summed E-state index contributed by atoms with van der Waals surface area (Å²) in [5.74, 6) is -1.57. The normalized spacial score (nSPS) is 19.3. The topological polar surface area (TPSA) is 105 Å². The van der Waals surface area contributed by atoms with Crippen molar-refractivity contribution in [2.24, 2.45) is 0 Å². The van der Waals surface area contributed by atoms with E-state index in [4.69, 9.17) is 4.74 Å². The number of carbonyl (C=O) groups excluding carboxylic acids is 4. The molecule has 0 aromatic heterocycles. The Morgan fingerprint density at radius 3 is 2.61 bits per heavy atom. The van der Waals surface area contributed by atoms with Gasteiger partial charge < -0.3 is 15.4 Å². The van der Waals surface area contributed by atoms with Crippen LogP contribution in [0, 0.1) is 0 Å². The van der Waals surface area contributed by atoms with Crippen molar-refractivity contribution >= 4 is 35.1 Å². The third kappa shape index (κ3) is 3.65. The lowest BCUT2D eigenvalue weighted by molar-refractivity contribution is -0.124. The van der Waals surface area contributed by atoms with Crippen LogP contribution >= 0.6 is 0 Å². The number of carbonyl (C=O) groups is 4. The fourth-order valence-corrected chi connectivity index (χ4v) is 3.89. The second-order valence-electron chi connectivity index (χ2n) is 7.58. The largest absolute Gasteiger partial charge is 0.462 e. The van der Waals surface area contributed by atoms with Crippen molar-refractivity contribution < 1.29 is 23.9 Å². The van der Waals surface area contributed by atoms with E-state index in [-0.39, 0.29) is 18.7 Å². The standard InChI is InChI=1S/C23H23N3O5/c1-2-3-14-31-21(29)15-8-10-16(11-9-15)24-22(30)23-13-12-19(27)26(23)18-7-5-4-6-17(18)20(28)25-23/h4-11H,2-3,12-14H2,1H3,(H,24,30)(H,25,28)/t23-/m1/s1. The maximum atomic E-state index is 13.3. The maximum absolute atomic E-state index is 13.3. The molecule has 0 unspecified atom stereocenters. The van der Waals surface area contributed by atoms with E-state index in [0.29, 0.717) is 29.1 Å². The monoisotopic (exact) mass is 421 g/mol. The van der Waals surface area contributed by atoms with Gasteiger partial charge >= 0.3 is 5.97 Å². The molecule has 3 amide bonds. The minimum absolute atomic E-state index is 0.143. The van der Waals surface area contributed by atoms with Crippen LogP contribution < -0.4 is 15.5 Å². The number of rotatable bonds is 6. The zero-order chi connectivity index (χ0) is 22.0. The minimum atomic E-state index is -1.49. The molecule has 1 saturated heterocycles. The average Bonchev–Trinajstić information content (AvgIpc) is 3.12. The van der Waals surface area contributed by atoms with E-state index in [1.165, 1.54) is 4.90 Å². The molecule has 2 aromatic carbocycles. The smallest absolute Gasteiger partial charge is 0.338 e. The number of fused-ring (bicyclic) bond motifs is 3. The Morgan fingerprint density at radius 1 is 1.13 bits per heavy atom. The molecule has 0 spiro atoms. The van der Waals surface area contributed by atoms with Gasteiger partial charge in [0, 0.05) is 18.5 Å². The Hall–Kier alpha value is -3.68. The number of ether oxygens (including phenoxy) is 1. The molecule has 2 aromatic rings. The van der Waals surface area contributed by atoms with Crippen LogP contribution in [-0.2, 0) is 14.3 Å². The van der Waals surface area contributed by atoms with Gasteiger partial charge in [0.15, 0.2) is 0 Å². The van der Waals surface area contributed by atoms with E-state index in [1.54, 1.807) is 48.5 Å². The van der Waals surface area contributed by atoms with E-state index in [0.717, 1.165) is 12.8 Å². The number of esters is 1. The molecule has 0 radical (unpaired) electrons. The maximum Gasteiger partial charge on any atom is 0.338 e. The van der Waals surface area contributed by atoms with Gasteiger partial charge in [-0.05, 0) is 42.8 Å². The quantitative estimate of drug-likeness (QED) is 0.551. The molecule has 0 aliphatic carbocycles. The number of hydrogen-bond acceptors (Lipinski definition) is 5. The highest BCUT2D eigenvalue weighted by molar-refractivity contribution is 6.18. The van der Waals surface area contributed by atoms with Crippen LogP contribution in [0.5, 0.6) is 0 Å². The number of nitrogens with zero attached hydrogens (tertiary/aromatic N) is 1. The van der Waals surface area contributed by atoms with E-state index in [2.05, 4.69) is 10.6 Å². The average molecular weight is 421 g/mol. The first-order valence-electron chi connectivity index (χ1n) is 10.3. The molecule has 2 aliphatic rings. The lowest BCUT2D eigenvalue weighted by atomic mass is 9.98. The van der Waals surface area contributed by atoms with Gasteiger partial charge in [0.05, 0.1) is 23.4 Å². The molecular formula is C23H23N3O5. The third-order valence-electron chi connectivity index (χ3n) is 5.53. The summed E-state index contributed by atoms with van der Waals surface area (Å²) < 4.78 is 5.18. The summed E-state index contributed by atoms with van der Waals surface area (Å²) in [4.78, 5) is 51.9. The number of benzene rings is 2. The van der Waals surface area contributed by atoms with E-state index in [1.807, 2.05) is 6.92 Å². The first-order valence-corrected chi connectivity index (χ1v) is 10.3. The molecule has 31 heavy (non-hydrogen) atoms. The van der Waals surface area contributed by atoms with Gasteiger partial charge in [-0.2, -0.15) is 0 Å². The Morgan fingerprint density at radius 2 is 1.87 bits per heavy atom. The number of hydrogen-bond donors (Lipinski definition) is 2. The van der Waals surface area contributed by atoms with Crippen molar-refractivity contribution in [3.8, 4) is 0 Å². The highest BCUT2D eigenvalue weighted by atomic mass is 16.5. The second-order valence-corrected chi connectivity index (χ2v) is 7.58. The van der Waals surface area contributed by atoms with Gasteiger partial charge in [-0.3, -0.25) is 19.3 Å². The molecule has 4 rings (SSSR count). The predicted octanol–water partition coefficient (Wildman–Crippen LogP) is 2.85. The van der Waals surface area contributed by atoms with Crippen LogP contribution in [0.4, 0.5) is 11.4 Å². The molecule has 1 atom stereocenters. The Kier molecular flexibility index (Phi) is 5.46. The fourth-order valence-electron chi connectivity index (χ4n) is 3.89. The molecule has 2 heterocycles. The van der Waals surface area contributed by atoms with Crippen molar-refractivity contribution in [2.45, 2.75) is 38.3 Å². The van der Waals surface area contributed by atoms with Crippen molar-refractivity contribution in [2.75, 3.05) is 16.8 Å². The third-order valence-corrected chi connectivity index (χ3v) is 5.53. The van der Waals surface area contributed by atoms with Gasteiger partial charge in [-0.1, -0.05) is 25.5 Å². The molecular weight excluding hydrogens is 398 g/mol. The van der Waals surface area contributed by atoms with E-state index < -0.39 is 23.4 Å². The van der Waals surface area contributed by atoms with Gasteiger partial charge in [-0.25, -0.2) is 4.79 Å². The van der Waals surface area contributed by atoms with Gasteiger partial charge in [0.1, 0.15) is 0 Å². The molecule has 0 saturated carbocycles. The fraction of sp³-hybridized carbons (Fsp3) is 0.304. The van der Waals surface area contributed by atoms with Crippen molar-refractivity contribution in [3.63, 3.8) is 0 Å². The number of amides is 3. The minimum Gasteiger partial charge on any atom is -0.462 e. The molecule has 1 fully saturated rings. The van der Waals surface area contributed by atoms with Crippen LogP contribution in [0.25, 0.3) is 0 Å². The van der Waals surface area contributed by atoms with Gasteiger partial charge in [0.25, 0.3) is 11.8 Å². The van der Waals surface area contributed by atoms with Crippen LogP contribution in [-0.4, -0.2) is 36.0 Å². The first kappa shape index (κ1) is 20.6. The molecule has 2 aliphatic heterocycles. The Balaban J connectivity index is 1.54. The summed E-state index contributed by atoms with van der Waals surface area (Å²) in [5.41, 5.74) is 0.114. The zero-order valence-corrected chi connectivity index (χ0v) is 17.1. The van der Waals surface area contributed by atoms with Crippen LogP contribution in [0.3, 0.4) is 0 Å². The van der Waals surface area contributed by atoms with Crippen molar-refractivity contribution in [1.82, 2.24) is 5.32 Å². The lowest BCUT2D eigenvalue weighted by Gasteiger charge is -2.41. The summed E-state index contributed by atoms with van der Waals surface area (Å²) in [5, 5.41) is 5.50. The van der Waals surface area contributed by atoms with Gasteiger partial charge in [0.2, 0.25) is 11.6 Å². The first-order chi connectivity index (χ1) is 15.0. The highest BCUT2D eigenvalue weighted by Crippen LogP contribution is 2.39. The summed E-state index contributed by atoms with van der Waals surface area (Å²) in [6.07, 6.45) is 2.04. The molecule has 8 heteroatoms. The summed E-state index contributed by atoms with van der Waals surface area (Å²) >= 11 is 0. The Labute approximate surface area is 179 Å². The summed E-state index contributed by atoms with van der Waals surface area (Å²) in [7, 11) is 0. The van der Waals surface area contributed by atoms with E-state index in [9.17, 15) is 19.2 Å². The Bertz CT molecular complexity index is 1050. The number of nitrogens with one attached hydrogen (secondary N) is 2. The van der Waals surface area contributed by atoms with Crippen molar-refractivity contribution in [3.05, 3.63) is 59.7 Å². The van der Waals surface area contributed by atoms with E-state index >= 15 is 0 Å². The molecule has 160 valence electrons. The lowest BCUT2D eigenvalue weighted by Crippen LogP contribution is -2.68. The van der Waals surface area contributed by atoms with Crippen LogP contribution in [0.2, 0.25) is 0 Å². The van der Waals surface area contributed by atoms with Gasteiger partial charge in [-0.15, -0.1) is 0 Å². The number of para-hydroxylation sites is 1. The highest BCUT2D eigenvalue weighted by Gasteiger charge is 2.56. The van der Waals surface area contributed by atoms with Crippen molar-refractivity contribution in [1.29, 1.82) is 0 Å². The summed E-state index contributed by atoms with van der Waals surface area (Å²) in [6.45, 7) is 2.37. The molecule has 2 N–H and O–H groups in total. The predicted molar refractivity (Wildman–Crippen MR) is 114 cm³/mol. The molecule has 0 bridgehead atoms. The van der Waals surface area contributed by atoms with Crippen LogP contribution in [0.1, 0.15) is 53.3 Å². The SMILES string of the molecule is CCCCOC(=O)c1ccc(NC(=O)[C@@]23CCC(=O)N2c2ccccc2C(=O)N3)cc1. The number of anilines is 2.